The second kappa shape index (κ2) is 7.18. The van der Waals surface area contributed by atoms with Gasteiger partial charge in [0.15, 0.2) is 40.7 Å². The minimum atomic E-state index is -2.10. The monoisotopic (exact) mass is 429 g/mol. The summed E-state index contributed by atoms with van der Waals surface area (Å²) in [5.74, 6) is -15.1. The smallest absolute Gasteiger partial charge is 0.282 e. The predicted octanol–water partition coefficient (Wildman–Crippen LogP) is 3.55. The SMILES string of the molecule is Cc1[nH]n(-c2c(F)c(F)c(C#N)c(F)c2F)c(=O)c1C(=O)c1cc(F)c(F)c(F)c1. The Kier molecular flexibility index (Phi) is 4.99. The number of hydrogen-bond donors (Lipinski definition) is 1. The van der Waals surface area contributed by atoms with Gasteiger partial charge in [-0.1, -0.05) is 0 Å². The normalized spacial score (nSPS) is 10.9. The summed E-state index contributed by atoms with van der Waals surface area (Å²) in [6, 6.07) is 1.51. The van der Waals surface area contributed by atoms with Crippen LogP contribution in [0.3, 0.4) is 0 Å². The highest BCUT2D eigenvalue weighted by Gasteiger charge is 2.30. The van der Waals surface area contributed by atoms with Crippen LogP contribution in [0, 0.1) is 59.0 Å². The van der Waals surface area contributed by atoms with E-state index in [0.717, 1.165) is 13.0 Å². The summed E-state index contributed by atoms with van der Waals surface area (Å²) in [6.45, 7) is 1.05. The van der Waals surface area contributed by atoms with Gasteiger partial charge < -0.3 is 0 Å². The largest absolute Gasteiger partial charge is 0.294 e. The molecule has 0 saturated heterocycles. The molecule has 0 fully saturated rings. The molecular formula is C18H6F7N3O2. The Labute approximate surface area is 161 Å². The van der Waals surface area contributed by atoms with Crippen molar-refractivity contribution in [3.8, 4) is 11.8 Å². The van der Waals surface area contributed by atoms with Crippen molar-refractivity contribution in [3.63, 3.8) is 0 Å². The lowest BCUT2D eigenvalue weighted by Gasteiger charge is -2.08. The third kappa shape index (κ3) is 2.95. The molecule has 0 saturated carbocycles. The van der Waals surface area contributed by atoms with Gasteiger partial charge in [-0.25, -0.2) is 35.4 Å². The number of benzene rings is 2. The van der Waals surface area contributed by atoms with E-state index in [1.807, 2.05) is 5.10 Å². The molecule has 0 unspecified atom stereocenters. The number of nitrogens with one attached hydrogen (secondary N) is 1. The number of hydrogen-bond acceptors (Lipinski definition) is 3. The zero-order chi connectivity index (χ0) is 22.5. The van der Waals surface area contributed by atoms with Gasteiger partial charge in [-0.15, -0.1) is 0 Å². The molecule has 0 aliphatic rings. The maximum Gasteiger partial charge on any atom is 0.282 e. The molecule has 2 aromatic carbocycles. The number of nitrogens with zero attached hydrogens (tertiary/aromatic N) is 2. The molecule has 3 aromatic rings. The first-order valence-corrected chi connectivity index (χ1v) is 7.78. The molecule has 1 heterocycles. The Morgan fingerprint density at radius 2 is 1.43 bits per heavy atom. The molecule has 0 bridgehead atoms. The van der Waals surface area contributed by atoms with Crippen LogP contribution in [0.2, 0.25) is 0 Å². The van der Waals surface area contributed by atoms with Crippen molar-refractivity contribution in [2.45, 2.75) is 6.92 Å². The van der Waals surface area contributed by atoms with Crippen LogP contribution in [-0.4, -0.2) is 15.6 Å². The molecule has 1 N–H and O–H groups in total. The lowest BCUT2D eigenvalue weighted by atomic mass is 10.0. The van der Waals surface area contributed by atoms with E-state index in [-0.39, 0.29) is 10.4 Å². The van der Waals surface area contributed by atoms with Crippen LogP contribution < -0.4 is 5.56 Å². The summed E-state index contributed by atoms with van der Waals surface area (Å²) in [7, 11) is 0. The van der Waals surface area contributed by atoms with Gasteiger partial charge in [-0.2, -0.15) is 5.26 Å². The first-order chi connectivity index (χ1) is 14.0. The standard InChI is InChI=1S/C18H6F7N3O2/c1-5-10(17(29)6-2-8(19)13(23)9(20)3-6)18(30)28(27-5)16-14(24)11(21)7(4-26)12(22)15(16)25/h2-3,27H,1H3. The predicted molar refractivity (Wildman–Crippen MR) is 85.4 cm³/mol. The molecule has 0 amide bonds. The van der Waals surface area contributed by atoms with Crippen molar-refractivity contribution in [1.29, 1.82) is 5.26 Å². The molecule has 30 heavy (non-hydrogen) atoms. The highest BCUT2D eigenvalue weighted by atomic mass is 19.2. The summed E-state index contributed by atoms with van der Waals surface area (Å²) in [5.41, 5.74) is -6.77. The number of carbonyl (C=O) groups excluding carboxylic acids is 1. The first-order valence-electron chi connectivity index (χ1n) is 7.78. The van der Waals surface area contributed by atoms with Crippen molar-refractivity contribution >= 4 is 5.78 Å². The summed E-state index contributed by atoms with van der Waals surface area (Å²) in [4.78, 5) is 25.0. The third-order valence-electron chi connectivity index (χ3n) is 4.12. The van der Waals surface area contributed by atoms with Gasteiger partial charge in [0, 0.05) is 11.3 Å². The fraction of sp³-hybridized carbons (Fsp3) is 0.0556. The lowest BCUT2D eigenvalue weighted by molar-refractivity contribution is 0.103. The maximum absolute atomic E-state index is 14.2. The van der Waals surface area contributed by atoms with Crippen LogP contribution in [0.4, 0.5) is 30.7 Å². The maximum atomic E-state index is 14.2. The second-order valence-corrected chi connectivity index (χ2v) is 5.93. The number of H-pyrrole nitrogens is 1. The van der Waals surface area contributed by atoms with Gasteiger partial charge in [0.25, 0.3) is 5.56 Å². The Bertz CT molecular complexity index is 1280. The van der Waals surface area contributed by atoms with E-state index < -0.39 is 74.4 Å². The van der Waals surface area contributed by atoms with Crippen molar-refractivity contribution in [2.75, 3.05) is 0 Å². The van der Waals surface area contributed by atoms with Crippen LogP contribution in [-0.2, 0) is 0 Å². The first kappa shape index (κ1) is 20.8. The zero-order valence-electron chi connectivity index (χ0n) is 14.5. The summed E-state index contributed by atoms with van der Waals surface area (Å²) >= 11 is 0. The average Bonchev–Trinajstić information content (AvgIpc) is 2.98. The molecule has 3 rings (SSSR count). The van der Waals surface area contributed by atoms with Gasteiger partial charge in [-0.05, 0) is 19.1 Å². The van der Waals surface area contributed by atoms with Crippen molar-refractivity contribution in [1.82, 2.24) is 9.78 Å². The van der Waals surface area contributed by atoms with Crippen LogP contribution >= 0.6 is 0 Å². The van der Waals surface area contributed by atoms with E-state index in [1.54, 1.807) is 0 Å². The molecule has 0 aliphatic heterocycles. The molecule has 5 nitrogen and oxygen atoms in total. The van der Waals surface area contributed by atoms with Crippen LogP contribution in [0.15, 0.2) is 16.9 Å². The van der Waals surface area contributed by atoms with Gasteiger partial charge in [0.2, 0.25) is 5.78 Å². The van der Waals surface area contributed by atoms with Crippen LogP contribution in [0.5, 0.6) is 0 Å². The molecule has 0 aliphatic carbocycles. The molecule has 0 spiro atoms. The van der Waals surface area contributed by atoms with Gasteiger partial charge in [-0.3, -0.25) is 14.7 Å². The molecule has 0 radical (unpaired) electrons. The molecule has 0 atom stereocenters. The Morgan fingerprint density at radius 1 is 0.933 bits per heavy atom. The van der Waals surface area contributed by atoms with Crippen LogP contribution in [0.25, 0.3) is 5.69 Å². The Morgan fingerprint density at radius 3 is 1.90 bits per heavy atom. The number of rotatable bonds is 3. The summed E-state index contributed by atoms with van der Waals surface area (Å²) in [6.07, 6.45) is 0. The summed E-state index contributed by atoms with van der Waals surface area (Å²) in [5, 5.41) is 10.6. The highest BCUT2D eigenvalue weighted by Crippen LogP contribution is 2.26. The third-order valence-corrected chi connectivity index (χ3v) is 4.12. The molecule has 1 aromatic heterocycles. The van der Waals surface area contributed by atoms with E-state index in [1.165, 1.54) is 0 Å². The topological polar surface area (TPSA) is 78.7 Å². The van der Waals surface area contributed by atoms with E-state index in [4.69, 9.17) is 5.26 Å². The second-order valence-electron chi connectivity index (χ2n) is 5.93. The van der Waals surface area contributed by atoms with Crippen molar-refractivity contribution in [3.05, 3.63) is 85.6 Å². The molecule has 154 valence electrons. The van der Waals surface area contributed by atoms with Gasteiger partial charge >= 0.3 is 0 Å². The number of aromatic amines is 1. The fourth-order valence-electron chi connectivity index (χ4n) is 2.72. The van der Waals surface area contributed by atoms with E-state index >= 15 is 0 Å². The Hall–Kier alpha value is -3.88. The number of ketones is 1. The van der Waals surface area contributed by atoms with Crippen molar-refractivity contribution in [2.24, 2.45) is 0 Å². The number of carbonyl (C=O) groups is 1. The lowest BCUT2D eigenvalue weighted by Crippen LogP contribution is -2.24. The number of aryl methyl sites for hydroxylation is 1. The molecular weight excluding hydrogens is 423 g/mol. The Balaban J connectivity index is 2.26. The van der Waals surface area contributed by atoms with E-state index in [9.17, 15) is 40.3 Å². The molecule has 12 heteroatoms. The minimum absolute atomic E-state index is 0.0449. The number of nitriles is 1. The van der Waals surface area contributed by atoms with E-state index in [2.05, 4.69) is 0 Å². The number of halogens is 7. The fourth-order valence-corrected chi connectivity index (χ4v) is 2.72. The highest BCUT2D eigenvalue weighted by molar-refractivity contribution is 6.09. The average molecular weight is 429 g/mol. The zero-order valence-corrected chi connectivity index (χ0v) is 14.5. The minimum Gasteiger partial charge on any atom is -0.294 e. The van der Waals surface area contributed by atoms with Gasteiger partial charge in [0.05, 0.1) is 0 Å². The van der Waals surface area contributed by atoms with Gasteiger partial charge in [0.1, 0.15) is 22.9 Å². The number of aromatic nitrogens is 2. The van der Waals surface area contributed by atoms with Crippen molar-refractivity contribution < 1.29 is 35.5 Å². The van der Waals surface area contributed by atoms with E-state index in [0.29, 0.717) is 12.1 Å². The quantitative estimate of drug-likeness (QED) is 0.299. The summed E-state index contributed by atoms with van der Waals surface area (Å²) < 4.78 is 96.0. The van der Waals surface area contributed by atoms with Crippen LogP contribution in [0.1, 0.15) is 27.2 Å².